The number of hydrogen-bond acceptors (Lipinski definition) is 3. The first-order chi connectivity index (χ1) is 12.0. The standard InChI is InChI=1S/C20H16BrNO3/c1-12(23)13-7-9-15(10-8-13)22-20(24)17-11-14-5-3-4-6-16(14)18(21)19(17)25-2/h3-11H,1-2H3,(H,22,24). The van der Waals surface area contributed by atoms with Crippen molar-refractivity contribution in [1.29, 1.82) is 0 Å². The van der Waals surface area contributed by atoms with Gasteiger partial charge in [-0.3, -0.25) is 9.59 Å². The van der Waals surface area contributed by atoms with Gasteiger partial charge < -0.3 is 10.1 Å². The van der Waals surface area contributed by atoms with Crippen LogP contribution in [0.25, 0.3) is 10.8 Å². The van der Waals surface area contributed by atoms with Crippen molar-refractivity contribution in [3.63, 3.8) is 0 Å². The van der Waals surface area contributed by atoms with Gasteiger partial charge in [0.2, 0.25) is 0 Å². The second-order valence-corrected chi connectivity index (χ2v) is 6.37. The molecule has 0 bridgehead atoms. The summed E-state index contributed by atoms with van der Waals surface area (Å²) < 4.78 is 6.18. The molecule has 0 heterocycles. The van der Waals surface area contributed by atoms with Crippen LogP contribution in [0, 0.1) is 0 Å². The number of hydrogen-bond donors (Lipinski definition) is 1. The van der Waals surface area contributed by atoms with E-state index in [1.165, 1.54) is 14.0 Å². The van der Waals surface area contributed by atoms with Gasteiger partial charge >= 0.3 is 0 Å². The van der Waals surface area contributed by atoms with Crippen molar-refractivity contribution in [2.45, 2.75) is 6.92 Å². The third kappa shape index (κ3) is 3.42. The number of carbonyl (C=O) groups excluding carboxylic acids is 2. The molecule has 126 valence electrons. The Hall–Kier alpha value is -2.66. The highest BCUT2D eigenvalue weighted by Crippen LogP contribution is 2.36. The first kappa shape index (κ1) is 17.2. The van der Waals surface area contributed by atoms with Crippen LogP contribution in [0.2, 0.25) is 0 Å². The van der Waals surface area contributed by atoms with E-state index in [9.17, 15) is 9.59 Å². The van der Waals surface area contributed by atoms with Crippen LogP contribution in [0.4, 0.5) is 5.69 Å². The smallest absolute Gasteiger partial charge is 0.259 e. The lowest BCUT2D eigenvalue weighted by atomic mass is 10.0. The molecule has 0 unspecified atom stereocenters. The zero-order valence-electron chi connectivity index (χ0n) is 13.8. The third-order valence-electron chi connectivity index (χ3n) is 3.94. The molecule has 3 aromatic rings. The first-order valence-corrected chi connectivity index (χ1v) is 8.48. The van der Waals surface area contributed by atoms with Gasteiger partial charge in [0, 0.05) is 11.3 Å². The summed E-state index contributed by atoms with van der Waals surface area (Å²) in [4.78, 5) is 24.1. The number of rotatable bonds is 4. The van der Waals surface area contributed by atoms with Gasteiger partial charge in [0.05, 0.1) is 17.1 Å². The average molecular weight is 398 g/mol. The van der Waals surface area contributed by atoms with Gasteiger partial charge in [0.15, 0.2) is 5.78 Å². The summed E-state index contributed by atoms with van der Waals surface area (Å²) in [7, 11) is 1.54. The number of amides is 1. The minimum Gasteiger partial charge on any atom is -0.495 e. The van der Waals surface area contributed by atoms with Gasteiger partial charge in [-0.2, -0.15) is 0 Å². The lowest BCUT2D eigenvalue weighted by Gasteiger charge is -2.13. The molecular weight excluding hydrogens is 382 g/mol. The van der Waals surface area contributed by atoms with Crippen LogP contribution >= 0.6 is 15.9 Å². The fourth-order valence-electron chi connectivity index (χ4n) is 2.64. The van der Waals surface area contributed by atoms with E-state index in [1.54, 1.807) is 30.3 Å². The van der Waals surface area contributed by atoms with Crippen LogP contribution in [0.1, 0.15) is 27.6 Å². The Labute approximate surface area is 153 Å². The molecular formula is C20H16BrNO3. The third-order valence-corrected chi connectivity index (χ3v) is 4.73. The fourth-order valence-corrected chi connectivity index (χ4v) is 3.38. The molecule has 0 saturated carbocycles. The molecule has 5 heteroatoms. The molecule has 0 aromatic heterocycles. The van der Waals surface area contributed by atoms with E-state index in [0.717, 1.165) is 15.2 Å². The summed E-state index contributed by atoms with van der Waals surface area (Å²) in [6, 6.07) is 16.3. The predicted molar refractivity (Wildman–Crippen MR) is 103 cm³/mol. The van der Waals surface area contributed by atoms with Gasteiger partial charge in [-0.15, -0.1) is 0 Å². The van der Waals surface area contributed by atoms with Gasteiger partial charge in [0.25, 0.3) is 5.91 Å². The molecule has 0 aliphatic heterocycles. The predicted octanol–water partition coefficient (Wildman–Crippen LogP) is 5.07. The zero-order chi connectivity index (χ0) is 18.0. The van der Waals surface area contributed by atoms with Crippen LogP contribution in [0.15, 0.2) is 59.1 Å². The number of Topliss-reactive ketones (excluding diaryl/α,β-unsaturated/α-hetero) is 1. The Bertz CT molecular complexity index is 965. The molecule has 1 N–H and O–H groups in total. The minimum absolute atomic E-state index is 0.0157. The van der Waals surface area contributed by atoms with Crippen LogP contribution in [0.3, 0.4) is 0 Å². The van der Waals surface area contributed by atoms with Crippen molar-refractivity contribution in [1.82, 2.24) is 0 Å². The molecule has 3 rings (SSSR count). The van der Waals surface area contributed by atoms with Crippen LogP contribution in [-0.2, 0) is 0 Å². The van der Waals surface area contributed by atoms with E-state index in [1.807, 2.05) is 24.3 Å². The zero-order valence-corrected chi connectivity index (χ0v) is 15.4. The molecule has 0 saturated heterocycles. The number of halogens is 1. The number of anilines is 1. The second-order valence-electron chi connectivity index (χ2n) is 5.58. The van der Waals surface area contributed by atoms with Gasteiger partial charge in [0.1, 0.15) is 5.75 Å². The van der Waals surface area contributed by atoms with E-state index in [0.29, 0.717) is 22.6 Å². The number of benzene rings is 3. The molecule has 0 fully saturated rings. The van der Waals surface area contributed by atoms with Crippen LogP contribution in [0.5, 0.6) is 5.75 Å². The van der Waals surface area contributed by atoms with Crippen molar-refractivity contribution in [3.05, 3.63) is 70.2 Å². The van der Waals surface area contributed by atoms with Crippen molar-refractivity contribution in [2.75, 3.05) is 12.4 Å². The van der Waals surface area contributed by atoms with Crippen molar-refractivity contribution in [2.24, 2.45) is 0 Å². The Morgan fingerprint density at radius 1 is 1.04 bits per heavy atom. The molecule has 0 aliphatic rings. The van der Waals surface area contributed by atoms with Crippen LogP contribution < -0.4 is 10.1 Å². The summed E-state index contributed by atoms with van der Waals surface area (Å²) >= 11 is 3.53. The Balaban J connectivity index is 1.97. The maximum atomic E-state index is 12.7. The van der Waals surface area contributed by atoms with Gasteiger partial charge in [-0.05, 0) is 64.0 Å². The second kappa shape index (κ2) is 7.07. The molecule has 3 aromatic carbocycles. The number of methoxy groups -OCH3 is 1. The summed E-state index contributed by atoms with van der Waals surface area (Å²) in [5.41, 5.74) is 1.65. The summed E-state index contributed by atoms with van der Waals surface area (Å²) in [5, 5.41) is 4.75. The molecule has 25 heavy (non-hydrogen) atoms. The van der Waals surface area contributed by atoms with E-state index in [4.69, 9.17) is 4.74 Å². The molecule has 1 amide bonds. The van der Waals surface area contributed by atoms with Gasteiger partial charge in [-0.1, -0.05) is 24.3 Å². The number of ether oxygens (including phenoxy) is 1. The van der Waals surface area contributed by atoms with Crippen molar-refractivity contribution in [3.8, 4) is 5.75 Å². The average Bonchev–Trinajstić information content (AvgIpc) is 2.62. The lowest BCUT2D eigenvalue weighted by Crippen LogP contribution is -2.13. The summed E-state index contributed by atoms with van der Waals surface area (Å²) in [5.74, 6) is 0.188. The van der Waals surface area contributed by atoms with E-state index >= 15 is 0 Å². The number of fused-ring (bicyclic) bond motifs is 1. The SMILES string of the molecule is COc1c(C(=O)Nc2ccc(C(C)=O)cc2)cc2ccccc2c1Br. The fraction of sp³-hybridized carbons (Fsp3) is 0.100. The topological polar surface area (TPSA) is 55.4 Å². The lowest BCUT2D eigenvalue weighted by molar-refractivity contribution is 0.101. The monoisotopic (exact) mass is 397 g/mol. The number of carbonyl (C=O) groups is 2. The van der Waals surface area contributed by atoms with Gasteiger partial charge in [-0.25, -0.2) is 0 Å². The highest BCUT2D eigenvalue weighted by molar-refractivity contribution is 9.10. The highest BCUT2D eigenvalue weighted by atomic mass is 79.9. The number of ketones is 1. The maximum absolute atomic E-state index is 12.7. The number of nitrogens with one attached hydrogen (secondary N) is 1. The summed E-state index contributed by atoms with van der Waals surface area (Å²) in [6.45, 7) is 1.51. The van der Waals surface area contributed by atoms with E-state index in [-0.39, 0.29) is 11.7 Å². The van der Waals surface area contributed by atoms with Crippen molar-refractivity contribution < 1.29 is 14.3 Å². The van der Waals surface area contributed by atoms with E-state index < -0.39 is 0 Å². The molecule has 4 nitrogen and oxygen atoms in total. The maximum Gasteiger partial charge on any atom is 0.259 e. The van der Waals surface area contributed by atoms with E-state index in [2.05, 4.69) is 21.2 Å². The Kier molecular flexibility index (Phi) is 4.86. The highest BCUT2D eigenvalue weighted by Gasteiger charge is 2.18. The Morgan fingerprint density at radius 2 is 1.72 bits per heavy atom. The quantitative estimate of drug-likeness (QED) is 0.625. The molecule has 0 aliphatic carbocycles. The van der Waals surface area contributed by atoms with Crippen molar-refractivity contribution >= 4 is 44.1 Å². The molecule has 0 spiro atoms. The Morgan fingerprint density at radius 3 is 2.36 bits per heavy atom. The van der Waals surface area contributed by atoms with Crippen LogP contribution in [-0.4, -0.2) is 18.8 Å². The normalized spacial score (nSPS) is 10.5. The summed E-state index contributed by atoms with van der Waals surface area (Å²) in [6.07, 6.45) is 0. The molecule has 0 radical (unpaired) electrons. The largest absolute Gasteiger partial charge is 0.495 e. The molecule has 0 atom stereocenters. The minimum atomic E-state index is -0.279. The first-order valence-electron chi connectivity index (χ1n) is 7.69.